The van der Waals surface area contributed by atoms with Crippen LogP contribution in [0.3, 0.4) is 0 Å². The number of benzene rings is 2. The van der Waals surface area contributed by atoms with Gasteiger partial charge in [-0.05, 0) is 46.2 Å². The van der Waals surface area contributed by atoms with Gasteiger partial charge in [-0.3, -0.25) is 14.2 Å². The smallest absolute Gasteiger partial charge is 0.316 e. The highest BCUT2D eigenvalue weighted by Gasteiger charge is 2.27. The van der Waals surface area contributed by atoms with Crippen molar-refractivity contribution in [2.24, 2.45) is 0 Å². The Balaban J connectivity index is 1.26. The molecule has 1 aliphatic rings. The van der Waals surface area contributed by atoms with Gasteiger partial charge in [-0.25, -0.2) is 4.79 Å². The van der Waals surface area contributed by atoms with Crippen LogP contribution < -0.4 is 15.6 Å². The van der Waals surface area contributed by atoms with Crippen LogP contribution in [0.1, 0.15) is 27.1 Å². The zero-order valence-electron chi connectivity index (χ0n) is 19.6. The van der Waals surface area contributed by atoms with Crippen LogP contribution in [0, 0.1) is 18.3 Å². The molecular weight excluding hydrogens is 494 g/mol. The average Bonchev–Trinajstić information content (AvgIpc) is 3.42. The molecule has 2 aromatic carbocycles. The Hall–Kier alpha value is -3.65. The molecule has 5 rings (SSSR count). The molecule has 0 saturated heterocycles. The van der Waals surface area contributed by atoms with E-state index in [1.165, 1.54) is 21.6 Å². The molecule has 182 valence electrons. The van der Waals surface area contributed by atoms with Crippen molar-refractivity contribution in [1.82, 2.24) is 10.2 Å². The molecule has 0 atom stereocenters. The third-order valence-electron chi connectivity index (χ3n) is 5.99. The lowest BCUT2D eigenvalue weighted by Crippen LogP contribution is -2.36. The van der Waals surface area contributed by atoms with Crippen molar-refractivity contribution < 1.29 is 14.0 Å². The van der Waals surface area contributed by atoms with E-state index in [1.54, 1.807) is 0 Å². The SMILES string of the molecule is Cc1ccc(-[n+]2[nH]oc(=O)c2SCC(=O)Nc2sc3c(c2C#N)CCN(Cc2ccccc2)C3)cc1. The maximum absolute atomic E-state index is 12.8. The Morgan fingerprint density at radius 2 is 2.03 bits per heavy atom. The van der Waals surface area contributed by atoms with Crippen LogP contribution in [-0.4, -0.2) is 28.4 Å². The van der Waals surface area contributed by atoms with E-state index in [1.807, 2.05) is 49.4 Å². The van der Waals surface area contributed by atoms with E-state index in [4.69, 9.17) is 4.52 Å². The number of nitrogens with one attached hydrogen (secondary N) is 2. The fourth-order valence-electron chi connectivity index (χ4n) is 4.19. The standard InChI is InChI=1S/C26H23N5O3S2/c1-17-7-9-19(10-8-17)31-25(26(33)34-29-31)35-16-23(32)28-24-21(13-27)20-11-12-30(15-22(20)36-24)14-18-5-3-2-4-6-18/h2-10H,11-12,14-16H2,1H3,(H-,28,29,32,33)/p+1. The average molecular weight is 519 g/mol. The van der Waals surface area contributed by atoms with E-state index < -0.39 is 5.63 Å². The predicted octanol–water partition coefficient (Wildman–Crippen LogP) is 3.78. The summed E-state index contributed by atoms with van der Waals surface area (Å²) in [5, 5.41) is 16.1. The Morgan fingerprint density at radius 3 is 2.78 bits per heavy atom. The Kier molecular flexibility index (Phi) is 7.04. The second kappa shape index (κ2) is 10.5. The van der Waals surface area contributed by atoms with Gasteiger partial charge >= 0.3 is 10.7 Å². The maximum atomic E-state index is 12.8. The Morgan fingerprint density at radius 1 is 1.25 bits per heavy atom. The largest absolute Gasteiger partial charge is 0.442 e. The number of rotatable bonds is 7. The molecule has 2 aromatic heterocycles. The van der Waals surface area contributed by atoms with Gasteiger partial charge in [-0.15, -0.1) is 11.3 Å². The van der Waals surface area contributed by atoms with E-state index in [0.717, 1.165) is 59.5 Å². The van der Waals surface area contributed by atoms with Gasteiger partial charge < -0.3 is 5.32 Å². The predicted molar refractivity (Wildman–Crippen MR) is 138 cm³/mol. The zero-order chi connectivity index (χ0) is 25.1. The first-order chi connectivity index (χ1) is 17.5. The lowest BCUT2D eigenvalue weighted by atomic mass is 10.0. The summed E-state index contributed by atoms with van der Waals surface area (Å²) in [7, 11) is 0. The van der Waals surface area contributed by atoms with E-state index >= 15 is 0 Å². The number of nitriles is 1. The molecule has 0 spiro atoms. The molecule has 0 unspecified atom stereocenters. The van der Waals surface area contributed by atoms with Gasteiger partial charge in [-0.1, -0.05) is 48.0 Å². The number of fused-ring (bicyclic) bond motifs is 1. The number of carbonyl (C=O) groups excluding carboxylic acids is 1. The number of aromatic amines is 1. The van der Waals surface area contributed by atoms with Crippen molar-refractivity contribution in [3.8, 4) is 11.8 Å². The number of amides is 1. The summed E-state index contributed by atoms with van der Waals surface area (Å²) >= 11 is 2.54. The highest BCUT2D eigenvalue weighted by molar-refractivity contribution is 7.99. The van der Waals surface area contributed by atoms with Crippen molar-refractivity contribution in [2.75, 3.05) is 17.6 Å². The Labute approximate surface area is 216 Å². The molecule has 0 bridgehead atoms. The summed E-state index contributed by atoms with van der Waals surface area (Å²) < 4.78 is 6.48. The molecule has 1 amide bonds. The molecule has 10 heteroatoms. The Bertz CT molecular complexity index is 1480. The van der Waals surface area contributed by atoms with Crippen LogP contribution in [0.2, 0.25) is 0 Å². The van der Waals surface area contributed by atoms with Gasteiger partial charge in [0, 0.05) is 36.6 Å². The minimum atomic E-state index is -0.545. The molecule has 8 nitrogen and oxygen atoms in total. The van der Waals surface area contributed by atoms with Crippen LogP contribution >= 0.6 is 23.1 Å². The lowest BCUT2D eigenvalue weighted by Gasteiger charge is -2.26. The van der Waals surface area contributed by atoms with Crippen molar-refractivity contribution in [3.63, 3.8) is 0 Å². The minimum Gasteiger partial charge on any atom is -0.316 e. The lowest BCUT2D eigenvalue weighted by molar-refractivity contribution is -0.704. The van der Waals surface area contributed by atoms with E-state index in [0.29, 0.717) is 10.6 Å². The van der Waals surface area contributed by atoms with Gasteiger partial charge in [0.15, 0.2) is 0 Å². The zero-order valence-corrected chi connectivity index (χ0v) is 21.2. The summed E-state index contributed by atoms with van der Waals surface area (Å²) in [5.41, 5.74) is 4.10. The molecule has 36 heavy (non-hydrogen) atoms. The van der Waals surface area contributed by atoms with Crippen molar-refractivity contribution in [1.29, 1.82) is 5.26 Å². The van der Waals surface area contributed by atoms with Crippen LogP contribution in [0.15, 0.2) is 68.9 Å². The van der Waals surface area contributed by atoms with Crippen LogP contribution in [0.25, 0.3) is 5.69 Å². The molecule has 4 aromatic rings. The highest BCUT2D eigenvalue weighted by Crippen LogP contribution is 2.37. The number of thiophene rings is 1. The van der Waals surface area contributed by atoms with E-state index in [9.17, 15) is 14.9 Å². The molecule has 0 fully saturated rings. The molecule has 0 aliphatic carbocycles. The summed E-state index contributed by atoms with van der Waals surface area (Å²) in [4.78, 5) is 28.5. The summed E-state index contributed by atoms with van der Waals surface area (Å²) in [5.74, 6) is -0.283. The highest BCUT2D eigenvalue weighted by atomic mass is 32.2. The van der Waals surface area contributed by atoms with Gasteiger partial charge in [0.1, 0.15) is 11.1 Å². The molecular formula is C26H24N5O3S2+. The number of H-pyrrole nitrogens is 1. The number of hydrogen-bond donors (Lipinski definition) is 2. The first kappa shape index (κ1) is 24.1. The molecule has 0 saturated carbocycles. The fourth-order valence-corrected chi connectivity index (χ4v) is 6.21. The number of nitrogens with zero attached hydrogens (tertiary/aromatic N) is 3. The van der Waals surface area contributed by atoms with Crippen molar-refractivity contribution in [3.05, 3.63) is 92.1 Å². The summed E-state index contributed by atoms with van der Waals surface area (Å²) in [6, 6.07) is 20.2. The van der Waals surface area contributed by atoms with Gasteiger partial charge in [0.25, 0.3) is 0 Å². The molecule has 1 aliphatic heterocycles. The molecule has 0 radical (unpaired) electrons. The summed E-state index contributed by atoms with van der Waals surface area (Å²) in [6.07, 6.45) is 0.771. The normalized spacial score (nSPS) is 13.2. The van der Waals surface area contributed by atoms with Crippen molar-refractivity contribution in [2.45, 2.75) is 31.5 Å². The monoisotopic (exact) mass is 518 g/mol. The quantitative estimate of drug-likeness (QED) is 0.285. The van der Waals surface area contributed by atoms with Gasteiger partial charge in [0.05, 0.1) is 11.3 Å². The minimum absolute atomic E-state index is 0.00203. The number of aryl methyl sites for hydroxylation is 1. The number of anilines is 1. The first-order valence-electron chi connectivity index (χ1n) is 11.5. The van der Waals surface area contributed by atoms with Gasteiger partial charge in [0.2, 0.25) is 11.6 Å². The van der Waals surface area contributed by atoms with E-state index in [-0.39, 0.29) is 16.7 Å². The second-order valence-corrected chi connectivity index (χ2v) is 10.6. The second-order valence-electron chi connectivity index (χ2n) is 8.56. The van der Waals surface area contributed by atoms with Gasteiger partial charge in [-0.2, -0.15) is 5.26 Å². The molecule has 3 heterocycles. The first-order valence-corrected chi connectivity index (χ1v) is 13.3. The van der Waals surface area contributed by atoms with Crippen LogP contribution in [0.5, 0.6) is 0 Å². The van der Waals surface area contributed by atoms with Crippen LogP contribution in [-0.2, 0) is 24.3 Å². The van der Waals surface area contributed by atoms with E-state index in [2.05, 4.69) is 33.7 Å². The maximum Gasteiger partial charge on any atom is 0.442 e. The fraction of sp³-hybridized carbons (Fsp3) is 0.231. The number of aromatic nitrogens is 2. The summed E-state index contributed by atoms with van der Waals surface area (Å²) in [6.45, 7) is 4.43. The van der Waals surface area contributed by atoms with Crippen LogP contribution in [0.4, 0.5) is 5.00 Å². The number of hydrogen-bond acceptors (Lipinski definition) is 7. The number of carbonyl (C=O) groups is 1. The third-order valence-corrected chi connectivity index (χ3v) is 8.15. The van der Waals surface area contributed by atoms with Crippen molar-refractivity contribution >= 4 is 34.0 Å². The molecule has 2 N–H and O–H groups in total. The third kappa shape index (κ3) is 5.14. The number of thioether (sulfide) groups is 1. The topological polar surface area (TPSA) is 106 Å².